The van der Waals surface area contributed by atoms with Gasteiger partial charge in [-0.3, -0.25) is 14.4 Å². The molecule has 0 heterocycles. The van der Waals surface area contributed by atoms with Crippen LogP contribution in [0, 0.1) is 0 Å². The minimum atomic E-state index is -4.62. The van der Waals surface area contributed by atoms with E-state index in [-0.39, 0.29) is 31.0 Å². The summed E-state index contributed by atoms with van der Waals surface area (Å²) < 4.78 is 44.6. The van der Waals surface area contributed by atoms with Crippen molar-refractivity contribution >= 4 is 41.3 Å². The lowest BCUT2D eigenvalue weighted by molar-refractivity contribution is -0.147. The van der Waals surface area contributed by atoms with Crippen LogP contribution in [0.25, 0.3) is 0 Å². The van der Waals surface area contributed by atoms with Crippen molar-refractivity contribution in [2.75, 3.05) is 18.2 Å². The maximum absolute atomic E-state index is 13.2. The summed E-state index contributed by atoms with van der Waals surface area (Å²) in [5, 5.41) is 7.94. The molecule has 0 atom stereocenters. The zero-order chi connectivity index (χ0) is 27.5. The summed E-state index contributed by atoms with van der Waals surface area (Å²) in [7, 11) is 0. The average Bonchev–Trinajstić information content (AvgIpc) is 2.90. The molecular weight excluding hydrogens is 523 g/mol. The molecule has 1 N–H and O–H groups in total. The number of hydrogen-bond donors (Lipinski definition) is 1. The molecule has 38 heavy (non-hydrogen) atoms. The first-order valence-corrected chi connectivity index (χ1v) is 11.8. The Balaban J connectivity index is 1.57. The van der Waals surface area contributed by atoms with Crippen LogP contribution < -0.4 is 10.3 Å². The van der Waals surface area contributed by atoms with Gasteiger partial charge >= 0.3 is 12.1 Å². The van der Waals surface area contributed by atoms with Gasteiger partial charge in [0.15, 0.2) is 6.61 Å². The molecule has 7 nitrogen and oxygen atoms in total. The zero-order valence-corrected chi connectivity index (χ0v) is 20.7. The van der Waals surface area contributed by atoms with Crippen LogP contribution in [0.4, 0.5) is 18.9 Å². The Labute approximate surface area is 221 Å². The Kier molecular flexibility index (Phi) is 10.0. The first-order valence-electron chi connectivity index (χ1n) is 11.4. The van der Waals surface area contributed by atoms with Gasteiger partial charge in [0.2, 0.25) is 0 Å². The van der Waals surface area contributed by atoms with Crippen molar-refractivity contribution < 1.29 is 32.3 Å². The normalized spacial score (nSPS) is 11.3. The van der Waals surface area contributed by atoms with Crippen LogP contribution in [-0.4, -0.2) is 37.1 Å². The van der Waals surface area contributed by atoms with Crippen molar-refractivity contribution in [2.24, 2.45) is 5.10 Å². The lowest BCUT2D eigenvalue weighted by Crippen LogP contribution is -2.31. The Bertz CT molecular complexity index is 1280. The van der Waals surface area contributed by atoms with E-state index in [0.717, 1.165) is 23.2 Å². The van der Waals surface area contributed by atoms with Crippen LogP contribution in [0.5, 0.6) is 0 Å². The largest absolute Gasteiger partial charge is 0.455 e. The number of benzene rings is 3. The van der Waals surface area contributed by atoms with E-state index in [2.05, 4.69) is 10.4 Å². The molecule has 0 bridgehead atoms. The van der Waals surface area contributed by atoms with Gasteiger partial charge in [0.1, 0.15) is 0 Å². The van der Waals surface area contributed by atoms with Gasteiger partial charge in [-0.15, -0.1) is 0 Å². The molecule has 2 amide bonds. The van der Waals surface area contributed by atoms with E-state index >= 15 is 0 Å². The number of alkyl halides is 3. The average molecular weight is 546 g/mol. The van der Waals surface area contributed by atoms with Crippen molar-refractivity contribution in [2.45, 2.75) is 19.0 Å². The van der Waals surface area contributed by atoms with Crippen LogP contribution in [-0.2, 0) is 20.5 Å². The summed E-state index contributed by atoms with van der Waals surface area (Å²) in [5.74, 6) is -1.89. The number of rotatable bonds is 10. The molecule has 11 heteroatoms. The van der Waals surface area contributed by atoms with E-state index in [1.165, 1.54) is 12.3 Å². The van der Waals surface area contributed by atoms with Crippen molar-refractivity contribution in [3.05, 3.63) is 101 Å². The fourth-order valence-corrected chi connectivity index (χ4v) is 3.29. The fourth-order valence-electron chi connectivity index (χ4n) is 3.17. The van der Waals surface area contributed by atoms with Gasteiger partial charge in [-0.25, -0.2) is 0 Å². The van der Waals surface area contributed by atoms with E-state index in [1.807, 2.05) is 0 Å². The second kappa shape index (κ2) is 13.4. The molecule has 0 spiro atoms. The third-order valence-corrected chi connectivity index (χ3v) is 5.33. The lowest BCUT2D eigenvalue weighted by Gasteiger charge is -2.18. The summed E-state index contributed by atoms with van der Waals surface area (Å²) in [4.78, 5) is 37.0. The number of nitrogens with one attached hydrogen (secondary N) is 1. The molecule has 3 aromatic carbocycles. The highest BCUT2D eigenvalue weighted by atomic mass is 35.5. The summed E-state index contributed by atoms with van der Waals surface area (Å²) in [6.45, 7) is -0.555. The Hall–Kier alpha value is -4.18. The zero-order valence-electron chi connectivity index (χ0n) is 20.0. The third kappa shape index (κ3) is 8.74. The number of nitrogens with zero attached hydrogens (tertiary/aromatic N) is 2. The van der Waals surface area contributed by atoms with Crippen LogP contribution in [0.2, 0.25) is 5.02 Å². The molecular formula is C27H23ClF3N3O4. The minimum Gasteiger partial charge on any atom is -0.455 e. The Morgan fingerprint density at radius 1 is 0.974 bits per heavy atom. The molecule has 198 valence electrons. The Morgan fingerprint density at radius 2 is 1.68 bits per heavy atom. The molecule has 0 fully saturated rings. The minimum absolute atomic E-state index is 0.0922. The molecule has 0 unspecified atom stereocenters. The maximum atomic E-state index is 13.2. The highest BCUT2D eigenvalue weighted by molar-refractivity contribution is 6.30. The smallest absolute Gasteiger partial charge is 0.416 e. The number of carbonyl (C=O) groups excluding carboxylic acids is 3. The van der Waals surface area contributed by atoms with E-state index in [0.29, 0.717) is 16.1 Å². The topological polar surface area (TPSA) is 88.1 Å². The number of halogens is 4. The van der Waals surface area contributed by atoms with Crippen molar-refractivity contribution in [1.82, 2.24) is 5.32 Å². The molecule has 0 radical (unpaired) electrons. The van der Waals surface area contributed by atoms with Crippen molar-refractivity contribution in [1.29, 1.82) is 0 Å². The lowest BCUT2D eigenvalue weighted by atomic mass is 10.2. The molecule has 0 aliphatic carbocycles. The van der Waals surface area contributed by atoms with E-state index < -0.39 is 30.2 Å². The highest BCUT2D eigenvalue weighted by Gasteiger charge is 2.31. The molecule has 3 rings (SSSR count). The molecule has 0 aliphatic rings. The summed E-state index contributed by atoms with van der Waals surface area (Å²) in [5.41, 5.74) is -0.0819. The van der Waals surface area contributed by atoms with Crippen LogP contribution in [0.15, 0.2) is 84.0 Å². The number of anilines is 1. The quantitative estimate of drug-likeness (QED) is 0.158. The van der Waals surface area contributed by atoms with Crippen LogP contribution in [0.1, 0.15) is 34.3 Å². The molecule has 0 saturated carbocycles. The molecule has 3 aromatic rings. The third-order valence-electron chi connectivity index (χ3n) is 5.08. The van der Waals surface area contributed by atoms with Crippen molar-refractivity contribution in [3.63, 3.8) is 0 Å². The predicted octanol–water partition coefficient (Wildman–Crippen LogP) is 5.48. The predicted molar refractivity (Wildman–Crippen MR) is 137 cm³/mol. The SMILES string of the molecule is O=C(CCCNC(=O)c1ccc(Cl)cc1)OCC(=O)N(/N=C/c1ccccc1)c1cccc(C(F)(F)F)c1. The molecule has 0 saturated heterocycles. The fraction of sp³-hybridized carbons (Fsp3) is 0.185. The number of amides is 2. The molecule has 0 aromatic heterocycles. The van der Waals surface area contributed by atoms with E-state index in [4.69, 9.17) is 16.3 Å². The summed E-state index contributed by atoms with van der Waals surface area (Å²) >= 11 is 5.79. The second-order valence-electron chi connectivity index (χ2n) is 7.94. The van der Waals surface area contributed by atoms with Gasteiger partial charge in [-0.2, -0.15) is 23.3 Å². The first-order chi connectivity index (χ1) is 18.1. The highest BCUT2D eigenvalue weighted by Crippen LogP contribution is 2.31. The van der Waals surface area contributed by atoms with Crippen molar-refractivity contribution in [3.8, 4) is 0 Å². The van der Waals surface area contributed by atoms with E-state index in [1.54, 1.807) is 54.6 Å². The number of hydrazone groups is 1. The van der Waals surface area contributed by atoms with Gasteiger partial charge in [0, 0.05) is 23.6 Å². The van der Waals surface area contributed by atoms with Crippen LogP contribution in [0.3, 0.4) is 0 Å². The van der Waals surface area contributed by atoms with Gasteiger partial charge < -0.3 is 10.1 Å². The van der Waals surface area contributed by atoms with Gasteiger partial charge in [0.25, 0.3) is 11.8 Å². The summed E-state index contributed by atoms with van der Waals surface area (Å²) in [6, 6.07) is 19.0. The number of ether oxygens (including phenoxy) is 1. The number of esters is 1. The Morgan fingerprint density at radius 3 is 2.37 bits per heavy atom. The van der Waals surface area contributed by atoms with Gasteiger partial charge in [-0.05, 0) is 54.4 Å². The van der Waals surface area contributed by atoms with E-state index in [9.17, 15) is 27.6 Å². The van der Waals surface area contributed by atoms with Gasteiger partial charge in [-0.1, -0.05) is 48.0 Å². The summed E-state index contributed by atoms with van der Waals surface area (Å²) in [6.07, 6.45) is -3.16. The number of hydrogen-bond acceptors (Lipinski definition) is 5. The maximum Gasteiger partial charge on any atom is 0.416 e. The monoisotopic (exact) mass is 545 g/mol. The van der Waals surface area contributed by atoms with Crippen LogP contribution >= 0.6 is 11.6 Å². The number of carbonyl (C=O) groups is 3. The first kappa shape index (κ1) is 28.4. The standard InChI is InChI=1S/C27H23ClF3N3O4/c28-22-13-11-20(12-14-22)26(37)32-15-5-10-25(36)38-18-24(35)34(33-17-19-6-2-1-3-7-19)23-9-4-8-21(16-23)27(29,30)31/h1-4,6-9,11-14,16-17H,5,10,15,18H2,(H,32,37)/b33-17+. The molecule has 0 aliphatic heterocycles. The van der Waals surface area contributed by atoms with Gasteiger partial charge in [0.05, 0.1) is 17.5 Å². The second-order valence-corrected chi connectivity index (χ2v) is 8.37.